The van der Waals surface area contributed by atoms with E-state index in [0.717, 1.165) is 34.9 Å². The topological polar surface area (TPSA) is 106 Å². The molecule has 0 unspecified atom stereocenters. The minimum atomic E-state index is -0.391. The van der Waals surface area contributed by atoms with Crippen molar-refractivity contribution in [3.63, 3.8) is 0 Å². The number of pyridine rings is 1. The molecule has 0 amide bonds. The number of H-pyrrole nitrogens is 1. The Morgan fingerprint density at radius 1 is 1.11 bits per heavy atom. The van der Waals surface area contributed by atoms with Crippen molar-refractivity contribution >= 4 is 16.9 Å². The van der Waals surface area contributed by atoms with Crippen molar-refractivity contribution in [1.29, 1.82) is 0 Å². The average molecular weight is 489 g/mol. The van der Waals surface area contributed by atoms with E-state index in [9.17, 15) is 9.59 Å². The van der Waals surface area contributed by atoms with Crippen LogP contribution in [-0.2, 0) is 29.2 Å². The number of aromatic nitrogens is 5. The van der Waals surface area contributed by atoms with Crippen LogP contribution in [0.25, 0.3) is 10.9 Å². The number of aryl methyl sites for hydroxylation is 1. The third-order valence-electron chi connectivity index (χ3n) is 6.21. The maximum atomic E-state index is 13.1. The summed E-state index contributed by atoms with van der Waals surface area (Å²) in [5, 5.41) is 13.2. The molecule has 2 aromatic heterocycles. The summed E-state index contributed by atoms with van der Waals surface area (Å²) in [5.41, 5.74) is 3.53. The molecule has 2 heterocycles. The summed E-state index contributed by atoms with van der Waals surface area (Å²) in [6, 6.07) is 17.8. The number of nitrogens with zero attached hydrogens (tertiary/aromatic N) is 5. The Bertz CT molecular complexity index is 1360. The fourth-order valence-corrected chi connectivity index (χ4v) is 4.50. The lowest BCUT2D eigenvalue weighted by molar-refractivity contribution is -0.144. The zero-order valence-electron chi connectivity index (χ0n) is 21.0. The van der Waals surface area contributed by atoms with Gasteiger partial charge in [0.2, 0.25) is 0 Å². The molecule has 0 radical (unpaired) electrons. The molecule has 9 nitrogen and oxygen atoms in total. The minimum absolute atomic E-state index is 0.0641. The number of para-hydroxylation sites is 1. The molecule has 0 fully saturated rings. The number of tetrazole rings is 1. The quantitative estimate of drug-likeness (QED) is 0.319. The van der Waals surface area contributed by atoms with E-state index in [0.29, 0.717) is 31.1 Å². The molecule has 36 heavy (non-hydrogen) atoms. The first kappa shape index (κ1) is 25.2. The first-order valence-corrected chi connectivity index (χ1v) is 12.3. The van der Waals surface area contributed by atoms with E-state index in [1.54, 1.807) is 6.92 Å². The van der Waals surface area contributed by atoms with Crippen LogP contribution in [0.5, 0.6) is 0 Å². The average Bonchev–Trinajstić information content (AvgIpc) is 3.31. The largest absolute Gasteiger partial charge is 0.465 e. The van der Waals surface area contributed by atoms with Crippen LogP contribution in [-0.4, -0.2) is 42.7 Å². The zero-order chi connectivity index (χ0) is 25.5. The number of carbonyl (C=O) groups excluding carboxylic acids is 1. The molecule has 4 rings (SSSR count). The van der Waals surface area contributed by atoms with Crippen LogP contribution in [0.15, 0.2) is 59.4 Å². The Morgan fingerprint density at radius 2 is 1.92 bits per heavy atom. The van der Waals surface area contributed by atoms with E-state index in [2.05, 4.69) is 44.5 Å². The predicted molar refractivity (Wildman–Crippen MR) is 137 cm³/mol. The van der Waals surface area contributed by atoms with Crippen LogP contribution < -0.4 is 5.56 Å². The van der Waals surface area contributed by atoms with E-state index < -0.39 is 5.97 Å². The molecule has 0 saturated heterocycles. The van der Waals surface area contributed by atoms with Gasteiger partial charge in [-0.1, -0.05) is 61.9 Å². The number of hydrogen-bond acceptors (Lipinski definition) is 7. The van der Waals surface area contributed by atoms with Crippen molar-refractivity contribution in [2.45, 2.75) is 59.3 Å². The number of ether oxygens (including phenoxy) is 1. The number of hydrogen-bond donors (Lipinski definition) is 1. The Balaban J connectivity index is 1.74. The highest BCUT2D eigenvalue weighted by Crippen LogP contribution is 2.28. The van der Waals surface area contributed by atoms with Crippen molar-refractivity contribution in [3.8, 4) is 0 Å². The molecule has 0 saturated carbocycles. The van der Waals surface area contributed by atoms with E-state index in [1.807, 2.05) is 49.4 Å². The Hall–Kier alpha value is -3.85. The lowest BCUT2D eigenvalue weighted by Crippen LogP contribution is -2.33. The molecule has 4 aromatic rings. The van der Waals surface area contributed by atoms with Gasteiger partial charge in [0.25, 0.3) is 5.56 Å². The number of benzene rings is 2. The highest BCUT2D eigenvalue weighted by molar-refractivity contribution is 5.81. The normalized spacial score (nSPS) is 12.2. The zero-order valence-corrected chi connectivity index (χ0v) is 21.0. The van der Waals surface area contributed by atoms with Crippen LogP contribution in [0.1, 0.15) is 55.2 Å². The van der Waals surface area contributed by atoms with Gasteiger partial charge in [-0.3, -0.25) is 14.5 Å². The van der Waals surface area contributed by atoms with Crippen LogP contribution in [0.4, 0.5) is 0 Å². The first-order valence-electron chi connectivity index (χ1n) is 12.3. The second kappa shape index (κ2) is 11.7. The summed E-state index contributed by atoms with van der Waals surface area (Å²) < 4.78 is 6.62. The molecule has 0 spiro atoms. The summed E-state index contributed by atoms with van der Waals surface area (Å²) in [6.45, 7) is 7.06. The summed E-state index contributed by atoms with van der Waals surface area (Å²) in [7, 11) is 0. The monoisotopic (exact) mass is 488 g/mol. The van der Waals surface area contributed by atoms with Gasteiger partial charge in [0.1, 0.15) is 6.54 Å². The number of esters is 1. The van der Waals surface area contributed by atoms with Gasteiger partial charge in [0.15, 0.2) is 5.82 Å². The number of aromatic amines is 1. The van der Waals surface area contributed by atoms with E-state index >= 15 is 0 Å². The van der Waals surface area contributed by atoms with Crippen LogP contribution in [0, 0.1) is 6.92 Å². The summed E-state index contributed by atoms with van der Waals surface area (Å²) in [5.74, 6) is 0.186. The highest BCUT2D eigenvalue weighted by atomic mass is 16.5. The number of rotatable bonds is 11. The molecule has 0 aliphatic heterocycles. The fourth-order valence-electron chi connectivity index (χ4n) is 4.50. The van der Waals surface area contributed by atoms with Crippen molar-refractivity contribution in [1.82, 2.24) is 30.1 Å². The molecular formula is C27H32N6O3. The molecule has 1 atom stereocenters. The Morgan fingerprint density at radius 3 is 2.67 bits per heavy atom. The lowest BCUT2D eigenvalue weighted by atomic mass is 10.0. The van der Waals surface area contributed by atoms with Gasteiger partial charge in [-0.05, 0) is 53.3 Å². The second-order valence-electron chi connectivity index (χ2n) is 8.86. The number of nitrogens with one attached hydrogen (secondary N) is 1. The van der Waals surface area contributed by atoms with E-state index in [-0.39, 0.29) is 18.1 Å². The SMILES string of the molecule is CCC[C@@H](c1nnnn1CC(=O)OCC)N(Cc1ccccc1)Cc1cc2cccc(C)c2[nH]c1=O. The van der Waals surface area contributed by atoms with E-state index in [4.69, 9.17) is 4.74 Å². The van der Waals surface area contributed by atoms with Gasteiger partial charge in [0, 0.05) is 18.7 Å². The molecular weight excluding hydrogens is 456 g/mol. The van der Waals surface area contributed by atoms with Gasteiger partial charge in [0.05, 0.1) is 18.2 Å². The molecule has 9 heteroatoms. The maximum Gasteiger partial charge on any atom is 0.327 e. The lowest BCUT2D eigenvalue weighted by Gasteiger charge is -2.31. The van der Waals surface area contributed by atoms with Gasteiger partial charge in [-0.2, -0.15) is 0 Å². The third kappa shape index (κ3) is 5.85. The smallest absolute Gasteiger partial charge is 0.327 e. The fraction of sp³-hybridized carbons (Fsp3) is 0.370. The number of carbonyl (C=O) groups is 1. The molecule has 0 bridgehead atoms. The van der Waals surface area contributed by atoms with Crippen molar-refractivity contribution in [2.24, 2.45) is 0 Å². The van der Waals surface area contributed by atoms with Crippen molar-refractivity contribution < 1.29 is 9.53 Å². The maximum absolute atomic E-state index is 13.1. The summed E-state index contributed by atoms with van der Waals surface area (Å²) in [6.07, 6.45) is 1.62. The summed E-state index contributed by atoms with van der Waals surface area (Å²) in [4.78, 5) is 30.6. The van der Waals surface area contributed by atoms with Crippen LogP contribution in [0.3, 0.4) is 0 Å². The molecule has 0 aliphatic carbocycles. The second-order valence-corrected chi connectivity index (χ2v) is 8.86. The molecule has 2 aromatic carbocycles. The van der Waals surface area contributed by atoms with Gasteiger partial charge in [-0.25, -0.2) is 4.68 Å². The predicted octanol–water partition coefficient (Wildman–Crippen LogP) is 3.93. The van der Waals surface area contributed by atoms with E-state index in [1.165, 1.54) is 4.68 Å². The number of fused-ring (bicyclic) bond motifs is 1. The third-order valence-corrected chi connectivity index (χ3v) is 6.21. The highest BCUT2D eigenvalue weighted by Gasteiger charge is 2.27. The van der Waals surface area contributed by atoms with Crippen molar-refractivity contribution in [2.75, 3.05) is 6.61 Å². The summed E-state index contributed by atoms with van der Waals surface area (Å²) >= 11 is 0. The molecule has 188 valence electrons. The minimum Gasteiger partial charge on any atom is -0.465 e. The molecule has 1 N–H and O–H groups in total. The van der Waals surface area contributed by atoms with Gasteiger partial charge in [-0.15, -0.1) is 5.10 Å². The van der Waals surface area contributed by atoms with Crippen LogP contribution >= 0.6 is 0 Å². The Labute approximate surface area is 210 Å². The Kier molecular flexibility index (Phi) is 8.22. The molecule has 0 aliphatic rings. The first-order chi connectivity index (χ1) is 17.5. The van der Waals surface area contributed by atoms with Crippen LogP contribution in [0.2, 0.25) is 0 Å². The van der Waals surface area contributed by atoms with Crippen molar-refractivity contribution in [3.05, 3.63) is 87.5 Å². The standard InChI is InChI=1S/C27H32N6O3/c1-4-10-23(26-29-30-31-33(26)18-24(34)36-5-2)32(16-20-12-7-6-8-13-20)17-22-15-21-14-9-11-19(3)25(21)28-27(22)35/h6-9,11-15,23H,4-5,10,16-18H2,1-3H3,(H,28,35)/t23-/m0/s1. The van der Waals surface area contributed by atoms with Gasteiger partial charge >= 0.3 is 5.97 Å². The van der Waals surface area contributed by atoms with Gasteiger partial charge < -0.3 is 9.72 Å².